The first-order valence-electron chi connectivity index (χ1n) is 3.97. The van der Waals surface area contributed by atoms with E-state index in [1.807, 2.05) is 0 Å². The molecule has 1 heterocycles. The van der Waals surface area contributed by atoms with E-state index in [1.165, 1.54) is 25.8 Å². The standard InChI is InChI=1S/C8H15ClN/c1-2-10-6-4-3-5-8(10)7-9/h8H,1-7H2. The van der Waals surface area contributed by atoms with E-state index in [2.05, 4.69) is 11.8 Å². The molecule has 0 N–H and O–H groups in total. The molecule has 1 aliphatic heterocycles. The molecule has 0 spiro atoms. The van der Waals surface area contributed by atoms with E-state index in [-0.39, 0.29) is 0 Å². The van der Waals surface area contributed by atoms with Crippen LogP contribution in [0.1, 0.15) is 19.3 Å². The summed E-state index contributed by atoms with van der Waals surface area (Å²) in [5.74, 6) is 0.773. The number of piperidine rings is 1. The van der Waals surface area contributed by atoms with Crippen LogP contribution in [0, 0.1) is 6.92 Å². The van der Waals surface area contributed by atoms with Crippen LogP contribution in [-0.4, -0.2) is 29.9 Å². The zero-order valence-corrected chi connectivity index (χ0v) is 7.11. The maximum atomic E-state index is 5.78. The first kappa shape index (κ1) is 8.35. The smallest absolute Gasteiger partial charge is 0.0379 e. The minimum atomic E-state index is 0.605. The fourth-order valence-corrected chi connectivity index (χ4v) is 1.88. The second-order valence-corrected chi connectivity index (χ2v) is 3.15. The average molecular weight is 161 g/mol. The topological polar surface area (TPSA) is 3.24 Å². The maximum absolute atomic E-state index is 5.78. The van der Waals surface area contributed by atoms with Crippen molar-refractivity contribution < 1.29 is 0 Å². The third-order valence-corrected chi connectivity index (χ3v) is 2.57. The maximum Gasteiger partial charge on any atom is 0.0379 e. The molecular weight excluding hydrogens is 146 g/mol. The van der Waals surface area contributed by atoms with Crippen molar-refractivity contribution in [2.75, 3.05) is 19.0 Å². The second-order valence-electron chi connectivity index (χ2n) is 2.84. The molecule has 1 atom stereocenters. The summed E-state index contributed by atoms with van der Waals surface area (Å²) in [4.78, 5) is 2.37. The zero-order chi connectivity index (χ0) is 7.40. The fourth-order valence-electron chi connectivity index (χ4n) is 1.53. The fraction of sp³-hybridized carbons (Fsp3) is 0.875. The van der Waals surface area contributed by atoms with Crippen LogP contribution in [0.15, 0.2) is 0 Å². The highest BCUT2D eigenvalue weighted by molar-refractivity contribution is 6.18. The van der Waals surface area contributed by atoms with Gasteiger partial charge in [0.25, 0.3) is 0 Å². The van der Waals surface area contributed by atoms with Gasteiger partial charge in [-0.05, 0) is 32.9 Å². The highest BCUT2D eigenvalue weighted by Gasteiger charge is 2.18. The van der Waals surface area contributed by atoms with Crippen molar-refractivity contribution in [2.24, 2.45) is 0 Å². The van der Waals surface area contributed by atoms with Gasteiger partial charge in [-0.2, -0.15) is 0 Å². The van der Waals surface area contributed by atoms with Crippen LogP contribution in [-0.2, 0) is 0 Å². The molecule has 1 nitrogen and oxygen atoms in total. The van der Waals surface area contributed by atoms with Gasteiger partial charge in [0.05, 0.1) is 0 Å². The number of halogens is 1. The van der Waals surface area contributed by atoms with Crippen molar-refractivity contribution in [1.82, 2.24) is 4.90 Å². The summed E-state index contributed by atoms with van der Waals surface area (Å²) in [5, 5.41) is 0. The van der Waals surface area contributed by atoms with Crippen LogP contribution in [0.25, 0.3) is 0 Å². The van der Waals surface area contributed by atoms with Crippen molar-refractivity contribution >= 4 is 11.6 Å². The minimum absolute atomic E-state index is 0.605. The van der Waals surface area contributed by atoms with Gasteiger partial charge in [-0.3, -0.25) is 4.90 Å². The van der Waals surface area contributed by atoms with Crippen molar-refractivity contribution in [1.29, 1.82) is 0 Å². The minimum Gasteiger partial charge on any atom is -0.299 e. The lowest BCUT2D eigenvalue weighted by Gasteiger charge is -2.33. The Hall–Kier alpha value is 0.250. The molecule has 0 aromatic carbocycles. The van der Waals surface area contributed by atoms with E-state index in [0.29, 0.717) is 6.04 Å². The number of alkyl halides is 1. The molecule has 1 rings (SSSR count). The van der Waals surface area contributed by atoms with Gasteiger partial charge in [-0.25, -0.2) is 0 Å². The predicted octanol–water partition coefficient (Wildman–Crippen LogP) is 1.91. The normalized spacial score (nSPS) is 28.8. The van der Waals surface area contributed by atoms with Crippen LogP contribution in [0.3, 0.4) is 0 Å². The van der Waals surface area contributed by atoms with Crippen molar-refractivity contribution in [3.63, 3.8) is 0 Å². The first-order valence-corrected chi connectivity index (χ1v) is 4.51. The van der Waals surface area contributed by atoms with Crippen molar-refractivity contribution in [3.8, 4) is 0 Å². The van der Waals surface area contributed by atoms with Gasteiger partial charge in [0.15, 0.2) is 0 Å². The Bertz CT molecular complexity index is 83.3. The van der Waals surface area contributed by atoms with Gasteiger partial charge in [-0.1, -0.05) is 6.42 Å². The Balaban J connectivity index is 2.34. The molecule has 0 aliphatic carbocycles. The number of likely N-dealkylation sites (tertiary alicyclic amines) is 1. The van der Waals surface area contributed by atoms with Crippen LogP contribution in [0.4, 0.5) is 0 Å². The van der Waals surface area contributed by atoms with E-state index >= 15 is 0 Å². The zero-order valence-electron chi connectivity index (χ0n) is 6.35. The molecule has 59 valence electrons. The van der Waals surface area contributed by atoms with E-state index in [1.54, 1.807) is 0 Å². The van der Waals surface area contributed by atoms with E-state index in [0.717, 1.165) is 12.4 Å². The Morgan fingerprint density at radius 2 is 2.30 bits per heavy atom. The predicted molar refractivity (Wildman–Crippen MR) is 45.3 cm³/mol. The van der Waals surface area contributed by atoms with Crippen LogP contribution in [0.5, 0.6) is 0 Å². The summed E-state index contributed by atoms with van der Waals surface area (Å²) in [6.07, 6.45) is 3.93. The van der Waals surface area contributed by atoms with Crippen molar-refractivity contribution in [2.45, 2.75) is 25.3 Å². The van der Waals surface area contributed by atoms with Crippen LogP contribution >= 0.6 is 11.6 Å². The quantitative estimate of drug-likeness (QED) is 0.558. The second kappa shape index (κ2) is 4.20. The molecule has 1 saturated heterocycles. The van der Waals surface area contributed by atoms with E-state index in [4.69, 9.17) is 11.6 Å². The highest BCUT2D eigenvalue weighted by Crippen LogP contribution is 2.16. The van der Waals surface area contributed by atoms with Gasteiger partial charge in [0.2, 0.25) is 0 Å². The lowest BCUT2D eigenvalue weighted by atomic mass is 10.0. The molecule has 1 fully saturated rings. The molecule has 0 aromatic rings. The number of rotatable bonds is 2. The van der Waals surface area contributed by atoms with Crippen LogP contribution < -0.4 is 0 Å². The molecule has 1 radical (unpaired) electrons. The van der Waals surface area contributed by atoms with E-state index in [9.17, 15) is 0 Å². The molecular formula is C8H15ClN. The molecule has 1 aliphatic rings. The SMILES string of the molecule is [CH2]CN1CCCCC1CCl. The summed E-state index contributed by atoms with van der Waals surface area (Å²) >= 11 is 5.78. The summed E-state index contributed by atoms with van der Waals surface area (Å²) in [6.45, 7) is 5.98. The summed E-state index contributed by atoms with van der Waals surface area (Å²) in [5.41, 5.74) is 0. The molecule has 0 amide bonds. The third kappa shape index (κ3) is 1.86. The Morgan fingerprint density at radius 3 is 2.80 bits per heavy atom. The van der Waals surface area contributed by atoms with E-state index < -0.39 is 0 Å². The monoisotopic (exact) mass is 160 g/mol. The van der Waals surface area contributed by atoms with Gasteiger partial charge in [0, 0.05) is 11.9 Å². The molecule has 2 heteroatoms. The summed E-state index contributed by atoms with van der Waals surface area (Å²) in [7, 11) is 0. The largest absolute Gasteiger partial charge is 0.299 e. The van der Waals surface area contributed by atoms with Crippen molar-refractivity contribution in [3.05, 3.63) is 6.92 Å². The summed E-state index contributed by atoms with van der Waals surface area (Å²) < 4.78 is 0. The summed E-state index contributed by atoms with van der Waals surface area (Å²) in [6, 6.07) is 0.605. The Labute approximate surface area is 68.4 Å². The molecule has 0 bridgehead atoms. The van der Waals surface area contributed by atoms with Gasteiger partial charge in [-0.15, -0.1) is 11.6 Å². The lowest BCUT2D eigenvalue weighted by Crippen LogP contribution is -2.40. The van der Waals surface area contributed by atoms with Gasteiger partial charge < -0.3 is 0 Å². The van der Waals surface area contributed by atoms with Crippen LogP contribution in [0.2, 0.25) is 0 Å². The average Bonchev–Trinajstić information content (AvgIpc) is 2.04. The van der Waals surface area contributed by atoms with Gasteiger partial charge in [0.1, 0.15) is 0 Å². The van der Waals surface area contributed by atoms with Gasteiger partial charge >= 0.3 is 0 Å². The third-order valence-electron chi connectivity index (χ3n) is 2.21. The number of hydrogen-bond acceptors (Lipinski definition) is 1. The molecule has 0 saturated carbocycles. The Morgan fingerprint density at radius 1 is 1.50 bits per heavy atom. The lowest BCUT2D eigenvalue weighted by molar-refractivity contribution is 0.180. The molecule has 10 heavy (non-hydrogen) atoms. The number of hydrogen-bond donors (Lipinski definition) is 0. The Kier molecular flexibility index (Phi) is 3.50. The number of nitrogens with zero attached hydrogens (tertiary/aromatic N) is 1. The highest BCUT2D eigenvalue weighted by atomic mass is 35.5. The molecule has 1 unspecified atom stereocenters. The first-order chi connectivity index (χ1) is 4.88. The molecule has 0 aromatic heterocycles.